The summed E-state index contributed by atoms with van der Waals surface area (Å²) in [6.07, 6.45) is 0.400. The summed E-state index contributed by atoms with van der Waals surface area (Å²) in [5.74, 6) is -1.10. The van der Waals surface area contributed by atoms with E-state index in [2.05, 4.69) is 37.2 Å². The third-order valence-electron chi connectivity index (χ3n) is 2.59. The average Bonchev–Trinajstić information content (AvgIpc) is 2.25. The minimum absolute atomic E-state index is 0.0226. The molecule has 0 heterocycles. The number of hydrogen-bond donors (Lipinski definition) is 2. The molecule has 0 radical (unpaired) electrons. The average molecular weight is 393 g/mol. The molecule has 0 aromatic heterocycles. The molecular weight excluding hydrogens is 378 g/mol. The number of carboxylic acids is 1. The van der Waals surface area contributed by atoms with Gasteiger partial charge in [0.05, 0.1) is 5.56 Å². The van der Waals surface area contributed by atoms with Gasteiger partial charge in [-0.05, 0) is 54.4 Å². The number of amides is 1. The van der Waals surface area contributed by atoms with Crippen LogP contribution in [-0.4, -0.2) is 22.5 Å². The number of hydrogen-bond acceptors (Lipinski definition) is 2. The lowest BCUT2D eigenvalue weighted by atomic mass is 9.98. The minimum Gasteiger partial charge on any atom is -0.481 e. The first kappa shape index (κ1) is 16.2. The Morgan fingerprint density at radius 2 is 1.95 bits per heavy atom. The van der Waals surface area contributed by atoms with Crippen molar-refractivity contribution < 1.29 is 14.7 Å². The quantitative estimate of drug-likeness (QED) is 0.804. The maximum Gasteiger partial charge on any atom is 0.303 e. The summed E-state index contributed by atoms with van der Waals surface area (Å²) in [6.45, 7) is 3.61. The molecule has 1 amide bonds. The van der Waals surface area contributed by atoms with Crippen molar-refractivity contribution in [1.82, 2.24) is 5.32 Å². The van der Waals surface area contributed by atoms with Crippen molar-refractivity contribution in [3.63, 3.8) is 0 Å². The van der Waals surface area contributed by atoms with Gasteiger partial charge in [-0.25, -0.2) is 0 Å². The van der Waals surface area contributed by atoms with Crippen LogP contribution in [0.15, 0.2) is 27.1 Å². The third kappa shape index (κ3) is 5.32. The Morgan fingerprint density at radius 3 is 2.47 bits per heavy atom. The standard InChI is InChI=1S/C13H15Br2NO3/c1-13(2,6-5-11(17)18)16-12(19)9-4-3-8(14)7-10(9)15/h3-4,7H,5-6H2,1-2H3,(H,16,19)(H,17,18). The molecule has 2 N–H and O–H groups in total. The van der Waals surface area contributed by atoms with Gasteiger partial charge < -0.3 is 10.4 Å². The lowest BCUT2D eigenvalue weighted by molar-refractivity contribution is -0.137. The van der Waals surface area contributed by atoms with Gasteiger partial charge in [0, 0.05) is 20.9 Å². The summed E-state index contributed by atoms with van der Waals surface area (Å²) in [7, 11) is 0. The van der Waals surface area contributed by atoms with E-state index in [1.54, 1.807) is 32.0 Å². The third-order valence-corrected chi connectivity index (χ3v) is 3.74. The molecule has 0 aliphatic heterocycles. The van der Waals surface area contributed by atoms with Gasteiger partial charge in [-0.15, -0.1) is 0 Å². The number of nitrogens with one attached hydrogen (secondary N) is 1. The first-order valence-electron chi connectivity index (χ1n) is 5.70. The van der Waals surface area contributed by atoms with Gasteiger partial charge in [0.2, 0.25) is 0 Å². The molecule has 1 rings (SSSR count). The largest absolute Gasteiger partial charge is 0.481 e. The monoisotopic (exact) mass is 391 g/mol. The number of carbonyl (C=O) groups is 2. The number of carboxylic acid groups (broad SMARTS) is 1. The molecule has 0 bridgehead atoms. The highest BCUT2D eigenvalue weighted by molar-refractivity contribution is 9.11. The summed E-state index contributed by atoms with van der Waals surface area (Å²) in [6, 6.07) is 5.28. The summed E-state index contributed by atoms with van der Waals surface area (Å²) in [5.41, 5.74) is -0.0475. The lowest BCUT2D eigenvalue weighted by Crippen LogP contribution is -2.43. The topological polar surface area (TPSA) is 66.4 Å². The second-order valence-electron chi connectivity index (χ2n) is 4.86. The SMILES string of the molecule is CC(C)(CCC(=O)O)NC(=O)c1ccc(Br)cc1Br. The van der Waals surface area contributed by atoms with Crippen LogP contribution < -0.4 is 5.32 Å². The summed E-state index contributed by atoms with van der Waals surface area (Å²) in [4.78, 5) is 22.7. The molecule has 0 unspecified atom stereocenters. The molecule has 19 heavy (non-hydrogen) atoms. The van der Waals surface area contributed by atoms with E-state index < -0.39 is 11.5 Å². The van der Waals surface area contributed by atoms with Crippen LogP contribution in [0.5, 0.6) is 0 Å². The zero-order valence-electron chi connectivity index (χ0n) is 10.7. The fourth-order valence-corrected chi connectivity index (χ4v) is 2.76. The lowest BCUT2D eigenvalue weighted by Gasteiger charge is -2.26. The van der Waals surface area contributed by atoms with Crippen LogP contribution in [-0.2, 0) is 4.79 Å². The Labute approximate surface area is 128 Å². The van der Waals surface area contributed by atoms with Gasteiger partial charge in [0.25, 0.3) is 5.91 Å². The highest BCUT2D eigenvalue weighted by atomic mass is 79.9. The molecule has 104 valence electrons. The van der Waals surface area contributed by atoms with Crippen molar-refractivity contribution in [3.8, 4) is 0 Å². The number of carbonyl (C=O) groups excluding carboxylic acids is 1. The van der Waals surface area contributed by atoms with Crippen LogP contribution in [0.2, 0.25) is 0 Å². The minimum atomic E-state index is -0.868. The van der Waals surface area contributed by atoms with Gasteiger partial charge in [-0.2, -0.15) is 0 Å². The second kappa shape index (κ2) is 6.52. The Hall–Kier alpha value is -0.880. The predicted octanol–water partition coefficient (Wildman–Crippen LogP) is 3.58. The van der Waals surface area contributed by atoms with E-state index in [0.29, 0.717) is 16.5 Å². The summed E-state index contributed by atoms with van der Waals surface area (Å²) >= 11 is 6.65. The smallest absolute Gasteiger partial charge is 0.303 e. The summed E-state index contributed by atoms with van der Waals surface area (Å²) < 4.78 is 1.56. The molecule has 0 saturated carbocycles. The number of rotatable bonds is 5. The molecule has 1 aromatic carbocycles. The molecule has 0 spiro atoms. The van der Waals surface area contributed by atoms with E-state index in [4.69, 9.17) is 5.11 Å². The first-order valence-corrected chi connectivity index (χ1v) is 7.29. The van der Waals surface area contributed by atoms with E-state index >= 15 is 0 Å². The van der Waals surface area contributed by atoms with Crippen molar-refractivity contribution >= 4 is 43.7 Å². The van der Waals surface area contributed by atoms with E-state index in [0.717, 1.165) is 4.47 Å². The Morgan fingerprint density at radius 1 is 1.32 bits per heavy atom. The van der Waals surface area contributed by atoms with Gasteiger partial charge in [0.15, 0.2) is 0 Å². The first-order chi connectivity index (χ1) is 8.71. The summed E-state index contributed by atoms with van der Waals surface area (Å²) in [5, 5.41) is 11.5. The maximum atomic E-state index is 12.1. The van der Waals surface area contributed by atoms with Gasteiger partial charge in [-0.3, -0.25) is 9.59 Å². The normalized spacial score (nSPS) is 11.2. The van der Waals surface area contributed by atoms with Gasteiger partial charge in [0.1, 0.15) is 0 Å². The fraction of sp³-hybridized carbons (Fsp3) is 0.385. The molecule has 0 atom stereocenters. The molecule has 1 aromatic rings. The fourth-order valence-electron chi connectivity index (χ4n) is 1.53. The number of aliphatic carboxylic acids is 1. The van der Waals surface area contributed by atoms with Crippen LogP contribution >= 0.6 is 31.9 Å². The highest BCUT2D eigenvalue weighted by Gasteiger charge is 2.23. The van der Waals surface area contributed by atoms with Gasteiger partial charge in [-0.1, -0.05) is 15.9 Å². The van der Waals surface area contributed by atoms with E-state index in [9.17, 15) is 9.59 Å². The Bertz CT molecular complexity index is 501. The predicted molar refractivity (Wildman–Crippen MR) is 80.3 cm³/mol. The highest BCUT2D eigenvalue weighted by Crippen LogP contribution is 2.23. The Kier molecular flexibility index (Phi) is 5.55. The molecular formula is C13H15Br2NO3. The molecule has 0 aliphatic carbocycles. The second-order valence-corrected chi connectivity index (χ2v) is 6.63. The maximum absolute atomic E-state index is 12.1. The molecule has 0 saturated heterocycles. The zero-order chi connectivity index (χ0) is 14.6. The van der Waals surface area contributed by atoms with Crippen LogP contribution in [0.4, 0.5) is 0 Å². The van der Waals surface area contributed by atoms with E-state index in [1.807, 2.05) is 0 Å². The van der Waals surface area contributed by atoms with Crippen LogP contribution in [0.1, 0.15) is 37.0 Å². The van der Waals surface area contributed by atoms with Crippen molar-refractivity contribution in [2.24, 2.45) is 0 Å². The van der Waals surface area contributed by atoms with E-state index in [-0.39, 0.29) is 12.3 Å². The number of halogens is 2. The van der Waals surface area contributed by atoms with Crippen molar-refractivity contribution in [3.05, 3.63) is 32.7 Å². The Balaban J connectivity index is 2.75. The van der Waals surface area contributed by atoms with Crippen LogP contribution in [0.25, 0.3) is 0 Å². The molecule has 4 nitrogen and oxygen atoms in total. The molecule has 0 aliphatic rings. The number of benzene rings is 1. The zero-order valence-corrected chi connectivity index (χ0v) is 13.8. The van der Waals surface area contributed by atoms with Crippen molar-refractivity contribution in [2.45, 2.75) is 32.2 Å². The van der Waals surface area contributed by atoms with E-state index in [1.165, 1.54) is 0 Å². The van der Waals surface area contributed by atoms with Gasteiger partial charge >= 0.3 is 5.97 Å². The van der Waals surface area contributed by atoms with Crippen molar-refractivity contribution in [2.75, 3.05) is 0 Å². The van der Waals surface area contributed by atoms with Crippen LogP contribution in [0.3, 0.4) is 0 Å². The van der Waals surface area contributed by atoms with Crippen molar-refractivity contribution in [1.29, 1.82) is 0 Å². The molecule has 6 heteroatoms. The molecule has 0 fully saturated rings. The van der Waals surface area contributed by atoms with Crippen LogP contribution in [0, 0.1) is 0 Å².